The number of rotatable bonds is 5. The molecule has 1 aliphatic rings. The molecule has 0 aliphatic carbocycles. The average molecular weight is 460 g/mol. The summed E-state index contributed by atoms with van der Waals surface area (Å²) < 4.78 is 32.0. The molecule has 22 heavy (non-hydrogen) atoms. The van der Waals surface area contributed by atoms with Gasteiger partial charge in [-0.1, -0.05) is 6.07 Å². The number of aliphatic imine (C=N–C) groups is 1. The van der Waals surface area contributed by atoms with Crippen LogP contribution in [0.25, 0.3) is 0 Å². The number of halogens is 1. The van der Waals surface area contributed by atoms with Crippen LogP contribution in [0.15, 0.2) is 26.7 Å². The van der Waals surface area contributed by atoms with Crippen molar-refractivity contribution in [3.63, 3.8) is 0 Å². The lowest BCUT2D eigenvalue weighted by Gasteiger charge is -2.31. The van der Waals surface area contributed by atoms with E-state index in [9.17, 15) is 8.42 Å². The molecule has 2 heterocycles. The largest absolute Gasteiger partial charge is 0.375 e. The van der Waals surface area contributed by atoms with Gasteiger partial charge in [-0.15, -0.1) is 35.3 Å². The molecule has 1 atom stereocenters. The van der Waals surface area contributed by atoms with E-state index in [1.54, 1.807) is 17.5 Å². The van der Waals surface area contributed by atoms with Crippen molar-refractivity contribution in [2.75, 3.05) is 32.8 Å². The van der Waals surface area contributed by atoms with Crippen LogP contribution in [0.2, 0.25) is 0 Å². The lowest BCUT2D eigenvalue weighted by molar-refractivity contribution is 0.00530. The van der Waals surface area contributed by atoms with Gasteiger partial charge in [0, 0.05) is 19.6 Å². The molecule has 1 aromatic heterocycles. The highest BCUT2D eigenvalue weighted by Crippen LogP contribution is 2.14. The molecular formula is C12H21IN4O3S2. The summed E-state index contributed by atoms with van der Waals surface area (Å²) in [6, 6.07) is 3.27. The first kappa shape index (κ1) is 19.6. The maximum absolute atomic E-state index is 11.9. The fourth-order valence-electron chi connectivity index (χ4n) is 1.96. The zero-order valence-electron chi connectivity index (χ0n) is 12.3. The van der Waals surface area contributed by atoms with Crippen LogP contribution in [0.1, 0.15) is 6.92 Å². The zero-order chi connectivity index (χ0) is 15.3. The molecule has 7 nitrogen and oxygen atoms in total. The Hall–Kier alpha value is -0.430. The SMILES string of the molecule is CC1CN(C(N)=NCCNS(=O)(=O)c2cccs2)CCO1.I. The predicted molar refractivity (Wildman–Crippen MR) is 98.4 cm³/mol. The van der Waals surface area contributed by atoms with Gasteiger partial charge in [0.25, 0.3) is 0 Å². The second-order valence-electron chi connectivity index (χ2n) is 4.70. The summed E-state index contributed by atoms with van der Waals surface area (Å²) in [7, 11) is -3.42. The number of thiophene rings is 1. The standard InChI is InChI=1S/C12H20N4O3S2.HI/c1-10-9-16(6-7-19-10)12(13)14-4-5-15-21(17,18)11-3-2-8-20-11;/h2-3,8,10,15H,4-7,9H2,1H3,(H2,13,14);1H. The lowest BCUT2D eigenvalue weighted by Crippen LogP contribution is -2.48. The lowest BCUT2D eigenvalue weighted by atomic mass is 10.3. The minimum absolute atomic E-state index is 0. The van der Waals surface area contributed by atoms with Crippen molar-refractivity contribution in [3.8, 4) is 0 Å². The van der Waals surface area contributed by atoms with Gasteiger partial charge in [0.1, 0.15) is 4.21 Å². The van der Waals surface area contributed by atoms with Gasteiger partial charge in [-0.05, 0) is 18.4 Å². The number of morpholine rings is 1. The summed E-state index contributed by atoms with van der Waals surface area (Å²) in [5.41, 5.74) is 5.90. The second-order valence-corrected chi connectivity index (χ2v) is 7.64. The van der Waals surface area contributed by atoms with Crippen LogP contribution in [0, 0.1) is 0 Å². The van der Waals surface area contributed by atoms with E-state index in [0.29, 0.717) is 36.4 Å². The molecule has 0 radical (unpaired) electrons. The van der Waals surface area contributed by atoms with Gasteiger partial charge in [-0.3, -0.25) is 4.99 Å². The molecule has 1 saturated heterocycles. The second kappa shape index (κ2) is 9.01. The summed E-state index contributed by atoms with van der Waals surface area (Å²) in [4.78, 5) is 6.15. The molecule has 1 fully saturated rings. The molecule has 1 aromatic rings. The van der Waals surface area contributed by atoms with Crippen LogP contribution in [-0.4, -0.2) is 58.2 Å². The molecule has 0 aromatic carbocycles. The van der Waals surface area contributed by atoms with Gasteiger partial charge in [0.2, 0.25) is 10.0 Å². The van der Waals surface area contributed by atoms with Crippen molar-refractivity contribution in [2.45, 2.75) is 17.2 Å². The molecule has 0 saturated carbocycles. The van der Waals surface area contributed by atoms with E-state index in [4.69, 9.17) is 10.5 Å². The van der Waals surface area contributed by atoms with Crippen molar-refractivity contribution in [1.82, 2.24) is 9.62 Å². The summed E-state index contributed by atoms with van der Waals surface area (Å²) in [6.45, 7) is 4.55. The van der Waals surface area contributed by atoms with Crippen molar-refractivity contribution in [2.24, 2.45) is 10.7 Å². The Morgan fingerprint density at radius 2 is 2.41 bits per heavy atom. The Labute approximate surface area is 152 Å². The first-order valence-electron chi connectivity index (χ1n) is 6.68. The van der Waals surface area contributed by atoms with Crippen molar-refractivity contribution >= 4 is 51.3 Å². The highest BCUT2D eigenvalue weighted by molar-refractivity contribution is 14.0. The van der Waals surface area contributed by atoms with E-state index in [2.05, 4.69) is 9.71 Å². The molecule has 0 amide bonds. The quantitative estimate of drug-likeness (QED) is 0.292. The molecule has 10 heteroatoms. The number of nitrogens with one attached hydrogen (secondary N) is 1. The van der Waals surface area contributed by atoms with Crippen LogP contribution in [0.5, 0.6) is 0 Å². The van der Waals surface area contributed by atoms with Gasteiger partial charge in [0.15, 0.2) is 5.96 Å². The molecule has 0 bridgehead atoms. The molecule has 126 valence electrons. The average Bonchev–Trinajstić information content (AvgIpc) is 2.98. The van der Waals surface area contributed by atoms with Gasteiger partial charge in [-0.2, -0.15) is 0 Å². The normalized spacial score (nSPS) is 19.8. The first-order valence-corrected chi connectivity index (χ1v) is 9.05. The van der Waals surface area contributed by atoms with E-state index >= 15 is 0 Å². The van der Waals surface area contributed by atoms with Crippen molar-refractivity contribution < 1.29 is 13.2 Å². The number of nitrogens with zero attached hydrogens (tertiary/aromatic N) is 2. The number of hydrogen-bond donors (Lipinski definition) is 2. The van der Waals surface area contributed by atoms with E-state index in [-0.39, 0.29) is 36.6 Å². The highest BCUT2D eigenvalue weighted by atomic mass is 127. The highest BCUT2D eigenvalue weighted by Gasteiger charge is 2.18. The van der Waals surface area contributed by atoms with Crippen molar-refractivity contribution in [1.29, 1.82) is 0 Å². The van der Waals surface area contributed by atoms with E-state index in [1.165, 1.54) is 11.3 Å². The third-order valence-electron chi connectivity index (χ3n) is 3.00. The number of hydrogen-bond acceptors (Lipinski definition) is 5. The summed E-state index contributed by atoms with van der Waals surface area (Å²) in [5, 5.41) is 1.73. The Bertz CT molecular complexity index is 577. The fraction of sp³-hybridized carbons (Fsp3) is 0.583. The van der Waals surface area contributed by atoms with Crippen LogP contribution >= 0.6 is 35.3 Å². The summed E-state index contributed by atoms with van der Waals surface area (Å²) in [5.74, 6) is 0.431. The van der Waals surface area contributed by atoms with Crippen LogP contribution < -0.4 is 10.5 Å². The van der Waals surface area contributed by atoms with Crippen LogP contribution in [0.4, 0.5) is 0 Å². The number of ether oxygens (including phenoxy) is 1. The van der Waals surface area contributed by atoms with Gasteiger partial charge < -0.3 is 15.4 Å². The minimum atomic E-state index is -3.42. The molecule has 0 spiro atoms. The van der Waals surface area contributed by atoms with Crippen molar-refractivity contribution in [3.05, 3.63) is 17.5 Å². The Morgan fingerprint density at radius 1 is 1.64 bits per heavy atom. The number of nitrogens with two attached hydrogens (primary N) is 1. The van der Waals surface area contributed by atoms with Gasteiger partial charge in [-0.25, -0.2) is 13.1 Å². The van der Waals surface area contributed by atoms with Crippen LogP contribution in [0.3, 0.4) is 0 Å². The van der Waals surface area contributed by atoms with Gasteiger partial charge in [0.05, 0.1) is 19.3 Å². The maximum Gasteiger partial charge on any atom is 0.250 e. The predicted octanol–water partition coefficient (Wildman–Crippen LogP) is 0.680. The number of guanidine groups is 1. The molecule has 2 rings (SSSR count). The van der Waals surface area contributed by atoms with Gasteiger partial charge >= 0.3 is 0 Å². The van der Waals surface area contributed by atoms with E-state index < -0.39 is 10.0 Å². The van der Waals surface area contributed by atoms with E-state index in [1.807, 2.05) is 11.8 Å². The van der Waals surface area contributed by atoms with Crippen LogP contribution in [-0.2, 0) is 14.8 Å². The molecular weight excluding hydrogens is 439 g/mol. The third kappa shape index (κ3) is 5.65. The fourth-order valence-corrected chi connectivity index (χ4v) is 4.02. The minimum Gasteiger partial charge on any atom is -0.375 e. The third-order valence-corrected chi connectivity index (χ3v) is 5.86. The van der Waals surface area contributed by atoms with E-state index in [0.717, 1.165) is 0 Å². The topological polar surface area (TPSA) is 97.0 Å². The Morgan fingerprint density at radius 3 is 3.05 bits per heavy atom. The molecule has 3 N–H and O–H groups in total. The zero-order valence-corrected chi connectivity index (χ0v) is 16.2. The maximum atomic E-state index is 11.9. The summed E-state index contributed by atoms with van der Waals surface area (Å²) >= 11 is 1.18. The first-order chi connectivity index (χ1) is 9.99. The number of sulfonamides is 1. The Balaban J connectivity index is 0.00000242. The molecule has 1 aliphatic heterocycles. The monoisotopic (exact) mass is 460 g/mol. The Kier molecular flexibility index (Phi) is 8.03. The smallest absolute Gasteiger partial charge is 0.250 e. The molecule has 1 unspecified atom stereocenters. The summed E-state index contributed by atoms with van der Waals surface area (Å²) in [6.07, 6.45) is 0.129.